The topological polar surface area (TPSA) is 137 Å². The summed E-state index contributed by atoms with van der Waals surface area (Å²) in [5.74, 6) is -0.462. The summed E-state index contributed by atoms with van der Waals surface area (Å²) in [7, 11) is 1.61. The predicted octanol–water partition coefficient (Wildman–Crippen LogP) is 4.49. The molecular weight excluding hydrogens is 564 g/mol. The molecule has 0 heterocycles. The summed E-state index contributed by atoms with van der Waals surface area (Å²) in [6, 6.07) is 21.2. The number of primary amides is 1. The van der Waals surface area contributed by atoms with Crippen LogP contribution in [0.3, 0.4) is 0 Å². The monoisotopic (exact) mass is 606 g/mol. The number of amides is 2. The molecule has 0 aromatic heterocycles. The van der Waals surface area contributed by atoms with Crippen LogP contribution in [0.2, 0.25) is 0 Å². The van der Waals surface area contributed by atoms with E-state index in [-0.39, 0.29) is 29.1 Å². The molecule has 0 bridgehead atoms. The van der Waals surface area contributed by atoms with Gasteiger partial charge in [-0.2, -0.15) is 0 Å². The summed E-state index contributed by atoms with van der Waals surface area (Å²) in [4.78, 5) is 41.7. The molecule has 2 unspecified atom stereocenters. The van der Waals surface area contributed by atoms with Crippen LogP contribution in [0.25, 0.3) is 0 Å². The van der Waals surface area contributed by atoms with Gasteiger partial charge in [0.1, 0.15) is 11.9 Å². The number of carbonyl (C=O) groups is 3. The Morgan fingerprint density at radius 2 is 1.58 bits per heavy atom. The molecule has 10 heteroatoms. The summed E-state index contributed by atoms with van der Waals surface area (Å²) in [6.07, 6.45) is 0.848. The van der Waals surface area contributed by atoms with Crippen LogP contribution < -0.4 is 21.5 Å². The minimum absolute atomic E-state index is 0.0578. The SMILES string of the molecule is CCCN(CCC)C(=O)c1cc(C(N)=O)cc(C(=O)OC(CNCc2cccc(OC)c2)C(N)CSc2ccccc2)c1. The molecule has 3 aromatic rings. The first-order valence-electron chi connectivity index (χ1n) is 14.5. The third kappa shape index (κ3) is 10.4. The largest absolute Gasteiger partial charge is 0.497 e. The predicted molar refractivity (Wildman–Crippen MR) is 170 cm³/mol. The van der Waals surface area contributed by atoms with Crippen molar-refractivity contribution >= 4 is 29.5 Å². The standard InChI is InChI=1S/C33H42N4O5S/c1-4-14-37(15-5-2)32(39)25-17-24(31(35)38)18-26(19-25)33(40)42-30(29(34)22-43-28-12-7-6-8-13-28)21-36-20-23-10-9-11-27(16-23)41-3/h6-13,16-19,29-30,36H,4-5,14-15,20-22,34H2,1-3H3,(H2,35,38). The second-order valence-electron chi connectivity index (χ2n) is 10.2. The van der Waals surface area contributed by atoms with Gasteiger partial charge in [-0.1, -0.05) is 44.2 Å². The minimum atomic E-state index is -0.742. The molecule has 0 aliphatic carbocycles. The van der Waals surface area contributed by atoms with E-state index in [1.54, 1.807) is 23.8 Å². The molecule has 0 radical (unpaired) electrons. The highest BCUT2D eigenvalue weighted by molar-refractivity contribution is 7.99. The Balaban J connectivity index is 1.82. The number of carbonyl (C=O) groups excluding carboxylic acids is 3. The van der Waals surface area contributed by atoms with E-state index >= 15 is 0 Å². The van der Waals surface area contributed by atoms with Crippen LogP contribution in [0.1, 0.15) is 63.3 Å². The Labute approximate surface area is 258 Å². The average molecular weight is 607 g/mol. The molecule has 43 heavy (non-hydrogen) atoms. The van der Waals surface area contributed by atoms with E-state index in [4.69, 9.17) is 20.9 Å². The van der Waals surface area contributed by atoms with Gasteiger partial charge in [0.05, 0.1) is 18.7 Å². The molecule has 3 rings (SSSR count). The van der Waals surface area contributed by atoms with Crippen molar-refractivity contribution in [1.29, 1.82) is 0 Å². The molecule has 9 nitrogen and oxygen atoms in total. The molecule has 230 valence electrons. The summed E-state index contributed by atoms with van der Waals surface area (Å²) in [5.41, 5.74) is 13.5. The van der Waals surface area contributed by atoms with Gasteiger partial charge >= 0.3 is 5.97 Å². The molecular formula is C33H42N4O5S. The third-order valence-electron chi connectivity index (χ3n) is 6.70. The van der Waals surface area contributed by atoms with E-state index in [0.29, 0.717) is 25.4 Å². The summed E-state index contributed by atoms with van der Waals surface area (Å²) < 4.78 is 11.3. The zero-order valence-electron chi connectivity index (χ0n) is 25.1. The van der Waals surface area contributed by atoms with E-state index in [1.807, 2.05) is 68.4 Å². The van der Waals surface area contributed by atoms with E-state index in [9.17, 15) is 14.4 Å². The van der Waals surface area contributed by atoms with Crippen LogP contribution >= 0.6 is 11.8 Å². The Morgan fingerprint density at radius 1 is 0.907 bits per heavy atom. The molecule has 0 saturated carbocycles. The smallest absolute Gasteiger partial charge is 0.338 e. The molecule has 0 saturated heterocycles. The Morgan fingerprint density at radius 3 is 2.23 bits per heavy atom. The fourth-order valence-electron chi connectivity index (χ4n) is 4.49. The normalized spacial score (nSPS) is 12.3. The summed E-state index contributed by atoms with van der Waals surface area (Å²) >= 11 is 1.57. The van der Waals surface area contributed by atoms with Gasteiger partial charge in [0.25, 0.3) is 5.91 Å². The van der Waals surface area contributed by atoms with Crippen molar-refractivity contribution in [3.8, 4) is 5.75 Å². The number of nitrogens with zero attached hydrogens (tertiary/aromatic N) is 1. The maximum absolute atomic E-state index is 13.5. The van der Waals surface area contributed by atoms with Crippen molar-refractivity contribution in [2.45, 2.75) is 50.3 Å². The average Bonchev–Trinajstić information content (AvgIpc) is 3.03. The van der Waals surface area contributed by atoms with Crippen LogP contribution in [0, 0.1) is 0 Å². The Hall–Kier alpha value is -3.86. The van der Waals surface area contributed by atoms with Crippen LogP contribution in [0.4, 0.5) is 0 Å². The number of ether oxygens (including phenoxy) is 2. The Bertz CT molecular complexity index is 1350. The molecule has 0 spiro atoms. The zero-order chi connectivity index (χ0) is 31.2. The lowest BCUT2D eigenvalue weighted by molar-refractivity contribution is 0.0256. The number of hydrogen-bond acceptors (Lipinski definition) is 8. The number of nitrogens with two attached hydrogens (primary N) is 2. The number of hydrogen-bond donors (Lipinski definition) is 3. The lowest BCUT2D eigenvalue weighted by Crippen LogP contribution is -2.46. The number of benzene rings is 3. The quantitative estimate of drug-likeness (QED) is 0.151. The molecule has 2 atom stereocenters. The number of nitrogens with one attached hydrogen (secondary N) is 1. The summed E-state index contributed by atoms with van der Waals surface area (Å²) in [6.45, 7) is 5.87. The van der Waals surface area contributed by atoms with Gasteiger partial charge in [0.15, 0.2) is 0 Å². The van der Waals surface area contributed by atoms with Crippen molar-refractivity contribution < 1.29 is 23.9 Å². The maximum atomic E-state index is 13.5. The first-order valence-corrected chi connectivity index (χ1v) is 15.5. The lowest BCUT2D eigenvalue weighted by Gasteiger charge is -2.25. The molecule has 0 aliphatic rings. The van der Waals surface area contributed by atoms with Crippen LogP contribution in [-0.4, -0.2) is 67.3 Å². The highest BCUT2D eigenvalue weighted by atomic mass is 32.2. The lowest BCUT2D eigenvalue weighted by atomic mass is 10.0. The second kappa shape index (κ2) is 17.3. The number of rotatable bonds is 17. The van der Waals surface area contributed by atoms with E-state index in [1.165, 1.54) is 18.2 Å². The number of esters is 1. The van der Waals surface area contributed by atoms with Crippen LogP contribution in [0.5, 0.6) is 5.75 Å². The summed E-state index contributed by atoms with van der Waals surface area (Å²) in [5, 5.41) is 3.33. The van der Waals surface area contributed by atoms with Gasteiger partial charge in [-0.3, -0.25) is 9.59 Å². The van der Waals surface area contributed by atoms with Crippen molar-refractivity contribution in [3.63, 3.8) is 0 Å². The first kappa shape index (κ1) is 33.6. The molecule has 2 amide bonds. The maximum Gasteiger partial charge on any atom is 0.338 e. The van der Waals surface area contributed by atoms with Gasteiger partial charge in [-0.15, -0.1) is 11.8 Å². The van der Waals surface area contributed by atoms with Gasteiger partial charge < -0.3 is 31.2 Å². The van der Waals surface area contributed by atoms with Gasteiger partial charge in [0, 0.05) is 48.0 Å². The van der Waals surface area contributed by atoms with E-state index in [2.05, 4.69) is 5.32 Å². The van der Waals surface area contributed by atoms with E-state index < -0.39 is 24.0 Å². The van der Waals surface area contributed by atoms with Crippen molar-refractivity contribution in [3.05, 3.63) is 95.1 Å². The second-order valence-corrected chi connectivity index (χ2v) is 11.3. The van der Waals surface area contributed by atoms with Gasteiger partial charge in [-0.25, -0.2) is 4.79 Å². The molecule has 0 fully saturated rings. The molecule has 3 aromatic carbocycles. The molecule has 5 N–H and O–H groups in total. The Kier molecular flexibility index (Phi) is 13.5. The van der Waals surface area contributed by atoms with Crippen LogP contribution in [-0.2, 0) is 11.3 Å². The first-order chi connectivity index (χ1) is 20.7. The van der Waals surface area contributed by atoms with Crippen molar-refractivity contribution in [1.82, 2.24) is 10.2 Å². The molecule has 0 aliphatic heterocycles. The van der Waals surface area contributed by atoms with E-state index in [0.717, 1.165) is 29.1 Å². The number of methoxy groups -OCH3 is 1. The van der Waals surface area contributed by atoms with Gasteiger partial charge in [-0.05, 0) is 60.9 Å². The van der Waals surface area contributed by atoms with Crippen molar-refractivity contribution in [2.24, 2.45) is 11.5 Å². The zero-order valence-corrected chi connectivity index (χ0v) is 25.9. The fraction of sp³-hybridized carbons (Fsp3) is 0.364. The highest BCUT2D eigenvalue weighted by Crippen LogP contribution is 2.21. The highest BCUT2D eigenvalue weighted by Gasteiger charge is 2.25. The van der Waals surface area contributed by atoms with Crippen LogP contribution in [0.15, 0.2) is 77.7 Å². The fourth-order valence-corrected chi connectivity index (χ4v) is 5.44. The van der Waals surface area contributed by atoms with Gasteiger partial charge in [0.2, 0.25) is 5.91 Å². The number of thioether (sulfide) groups is 1. The third-order valence-corrected chi connectivity index (χ3v) is 7.86. The minimum Gasteiger partial charge on any atom is -0.497 e. The van der Waals surface area contributed by atoms with Crippen molar-refractivity contribution in [2.75, 3.05) is 32.5 Å².